The molecular formula is C12H18N4O2. The van der Waals surface area contributed by atoms with E-state index in [-0.39, 0.29) is 11.6 Å². The van der Waals surface area contributed by atoms with Gasteiger partial charge in [-0.15, -0.1) is 0 Å². The molecule has 1 aliphatic rings. The molecule has 0 radical (unpaired) electrons. The third-order valence-electron chi connectivity index (χ3n) is 3.30. The fraction of sp³-hybridized carbons (Fsp3) is 0.583. The van der Waals surface area contributed by atoms with Crippen LogP contribution in [-0.2, 0) is 0 Å². The van der Waals surface area contributed by atoms with E-state index in [1.54, 1.807) is 7.05 Å². The van der Waals surface area contributed by atoms with Crippen LogP contribution in [0.2, 0.25) is 0 Å². The van der Waals surface area contributed by atoms with Gasteiger partial charge < -0.3 is 15.3 Å². The number of carboxylic acid groups (broad SMARTS) is 1. The molecule has 0 amide bonds. The van der Waals surface area contributed by atoms with E-state index in [1.807, 2.05) is 0 Å². The molecule has 0 spiro atoms. The molecule has 1 aromatic rings. The van der Waals surface area contributed by atoms with Crippen molar-refractivity contribution in [2.75, 3.05) is 32.5 Å². The number of nitrogens with one attached hydrogen (secondary N) is 1. The highest BCUT2D eigenvalue weighted by Crippen LogP contribution is 2.25. The van der Waals surface area contributed by atoms with E-state index in [0.717, 1.165) is 25.9 Å². The predicted octanol–water partition coefficient (Wildman–Crippen LogP) is 1.03. The van der Waals surface area contributed by atoms with Crippen LogP contribution in [0.25, 0.3) is 0 Å². The number of piperidine rings is 1. The number of hydrogen-bond acceptors (Lipinski definition) is 5. The number of anilines is 1. The summed E-state index contributed by atoms with van der Waals surface area (Å²) in [6, 6.07) is 1.46. The second kappa shape index (κ2) is 5.30. The lowest BCUT2D eigenvalue weighted by atomic mass is 9.96. The summed E-state index contributed by atoms with van der Waals surface area (Å²) in [7, 11) is 3.82. The number of hydrogen-bond donors (Lipinski definition) is 2. The fourth-order valence-corrected chi connectivity index (χ4v) is 2.15. The summed E-state index contributed by atoms with van der Waals surface area (Å²) in [5, 5.41) is 11.9. The summed E-state index contributed by atoms with van der Waals surface area (Å²) in [5.41, 5.74) is 0.0586. The van der Waals surface area contributed by atoms with Gasteiger partial charge >= 0.3 is 5.97 Å². The molecule has 6 nitrogen and oxygen atoms in total. The van der Waals surface area contributed by atoms with Crippen molar-refractivity contribution in [2.24, 2.45) is 0 Å². The maximum Gasteiger partial charge on any atom is 0.354 e. The normalized spacial score (nSPS) is 17.7. The molecule has 0 saturated carbocycles. The van der Waals surface area contributed by atoms with Crippen LogP contribution in [0, 0.1) is 0 Å². The molecule has 0 aromatic carbocycles. The number of carboxylic acids is 1. The lowest BCUT2D eigenvalue weighted by Gasteiger charge is -2.28. The van der Waals surface area contributed by atoms with E-state index in [0.29, 0.717) is 11.6 Å². The largest absolute Gasteiger partial charge is 0.477 e. The molecule has 2 heterocycles. The van der Waals surface area contributed by atoms with Crippen molar-refractivity contribution >= 4 is 11.8 Å². The summed E-state index contributed by atoms with van der Waals surface area (Å²) in [5.74, 6) is 0.458. The van der Waals surface area contributed by atoms with Crippen molar-refractivity contribution in [3.63, 3.8) is 0 Å². The van der Waals surface area contributed by atoms with Crippen LogP contribution < -0.4 is 5.32 Å². The number of nitrogens with zero attached hydrogens (tertiary/aromatic N) is 3. The van der Waals surface area contributed by atoms with Gasteiger partial charge in [0.15, 0.2) is 5.69 Å². The summed E-state index contributed by atoms with van der Waals surface area (Å²) in [6.45, 7) is 2.00. The molecule has 0 unspecified atom stereocenters. The van der Waals surface area contributed by atoms with Gasteiger partial charge in [-0.05, 0) is 33.0 Å². The summed E-state index contributed by atoms with van der Waals surface area (Å²) >= 11 is 0. The monoisotopic (exact) mass is 250 g/mol. The van der Waals surface area contributed by atoms with E-state index in [9.17, 15) is 4.79 Å². The van der Waals surface area contributed by atoms with E-state index < -0.39 is 5.97 Å². The number of likely N-dealkylation sites (tertiary alicyclic amines) is 1. The summed E-state index contributed by atoms with van der Waals surface area (Å²) in [6.07, 6.45) is 1.95. The van der Waals surface area contributed by atoms with Crippen LogP contribution in [0.4, 0.5) is 5.82 Å². The molecular weight excluding hydrogens is 232 g/mol. The summed E-state index contributed by atoms with van der Waals surface area (Å²) in [4.78, 5) is 21.8. The minimum absolute atomic E-state index is 0.0586. The fourth-order valence-electron chi connectivity index (χ4n) is 2.15. The van der Waals surface area contributed by atoms with Crippen molar-refractivity contribution in [2.45, 2.75) is 18.8 Å². The minimum atomic E-state index is -1.01. The maximum atomic E-state index is 11.0. The van der Waals surface area contributed by atoms with Gasteiger partial charge in [-0.2, -0.15) is 0 Å². The number of rotatable bonds is 3. The highest BCUT2D eigenvalue weighted by atomic mass is 16.4. The van der Waals surface area contributed by atoms with Crippen molar-refractivity contribution in [3.8, 4) is 0 Å². The first kappa shape index (κ1) is 12.8. The van der Waals surface area contributed by atoms with Crippen LogP contribution in [0.15, 0.2) is 6.07 Å². The third kappa shape index (κ3) is 2.76. The van der Waals surface area contributed by atoms with Crippen molar-refractivity contribution < 1.29 is 9.90 Å². The Hall–Kier alpha value is -1.69. The lowest BCUT2D eigenvalue weighted by Crippen LogP contribution is -2.30. The second-order valence-corrected chi connectivity index (χ2v) is 4.63. The standard InChI is InChI=1S/C12H18N4O2/c1-13-10-7-9(12(17)18)14-11(15-10)8-3-5-16(2)6-4-8/h7-8H,3-6H2,1-2H3,(H,17,18)(H,13,14,15). The van der Waals surface area contributed by atoms with E-state index in [1.165, 1.54) is 6.07 Å². The molecule has 2 N–H and O–H groups in total. The highest BCUT2D eigenvalue weighted by Gasteiger charge is 2.22. The van der Waals surface area contributed by atoms with Crippen LogP contribution >= 0.6 is 0 Å². The van der Waals surface area contributed by atoms with Crippen molar-refractivity contribution in [1.82, 2.24) is 14.9 Å². The number of aromatic carboxylic acids is 1. The van der Waals surface area contributed by atoms with Crippen LogP contribution in [-0.4, -0.2) is 53.1 Å². The van der Waals surface area contributed by atoms with Gasteiger partial charge in [0.2, 0.25) is 0 Å². The van der Waals surface area contributed by atoms with E-state index in [2.05, 4.69) is 27.2 Å². The third-order valence-corrected chi connectivity index (χ3v) is 3.30. The zero-order valence-electron chi connectivity index (χ0n) is 10.7. The maximum absolute atomic E-state index is 11.0. The molecule has 98 valence electrons. The van der Waals surface area contributed by atoms with E-state index in [4.69, 9.17) is 5.11 Å². The topological polar surface area (TPSA) is 78.3 Å². The smallest absolute Gasteiger partial charge is 0.354 e. The molecule has 6 heteroatoms. The van der Waals surface area contributed by atoms with Gasteiger partial charge in [0.25, 0.3) is 0 Å². The minimum Gasteiger partial charge on any atom is -0.477 e. The molecule has 2 rings (SSSR count). The van der Waals surface area contributed by atoms with Gasteiger partial charge in [0.1, 0.15) is 11.6 Å². The average Bonchev–Trinajstić information content (AvgIpc) is 2.39. The first-order chi connectivity index (χ1) is 8.60. The van der Waals surface area contributed by atoms with Crippen LogP contribution in [0.1, 0.15) is 35.1 Å². The Morgan fingerprint density at radius 1 is 1.44 bits per heavy atom. The molecule has 1 fully saturated rings. The zero-order chi connectivity index (χ0) is 13.1. The Labute approximate surface area is 106 Å². The SMILES string of the molecule is CNc1cc(C(=O)O)nc(C2CCN(C)CC2)n1. The molecule has 1 aliphatic heterocycles. The molecule has 0 aliphatic carbocycles. The van der Waals surface area contributed by atoms with Gasteiger partial charge in [0.05, 0.1) is 0 Å². The van der Waals surface area contributed by atoms with Crippen LogP contribution in [0.3, 0.4) is 0 Å². The molecule has 18 heavy (non-hydrogen) atoms. The molecule has 1 aromatic heterocycles. The zero-order valence-corrected chi connectivity index (χ0v) is 10.7. The van der Waals surface area contributed by atoms with Gasteiger partial charge in [-0.1, -0.05) is 0 Å². The van der Waals surface area contributed by atoms with Crippen LogP contribution in [0.5, 0.6) is 0 Å². The number of aromatic nitrogens is 2. The second-order valence-electron chi connectivity index (χ2n) is 4.63. The Morgan fingerprint density at radius 3 is 2.67 bits per heavy atom. The highest BCUT2D eigenvalue weighted by molar-refractivity contribution is 5.86. The Balaban J connectivity index is 2.26. The van der Waals surface area contributed by atoms with Crippen molar-refractivity contribution in [1.29, 1.82) is 0 Å². The van der Waals surface area contributed by atoms with E-state index >= 15 is 0 Å². The number of carbonyl (C=O) groups is 1. The van der Waals surface area contributed by atoms with Crippen molar-refractivity contribution in [3.05, 3.63) is 17.6 Å². The molecule has 0 bridgehead atoms. The van der Waals surface area contributed by atoms with Gasteiger partial charge in [-0.25, -0.2) is 14.8 Å². The Kier molecular flexibility index (Phi) is 3.76. The average molecular weight is 250 g/mol. The molecule has 1 saturated heterocycles. The predicted molar refractivity (Wildman–Crippen MR) is 68.0 cm³/mol. The van der Waals surface area contributed by atoms with Gasteiger partial charge in [-0.3, -0.25) is 0 Å². The first-order valence-electron chi connectivity index (χ1n) is 6.08. The summed E-state index contributed by atoms with van der Waals surface area (Å²) < 4.78 is 0. The lowest BCUT2D eigenvalue weighted by molar-refractivity contribution is 0.0689. The molecule has 0 atom stereocenters. The Bertz CT molecular complexity index is 442. The quantitative estimate of drug-likeness (QED) is 0.834. The first-order valence-corrected chi connectivity index (χ1v) is 6.08. The Morgan fingerprint density at radius 2 is 2.11 bits per heavy atom. The van der Waals surface area contributed by atoms with Gasteiger partial charge in [0, 0.05) is 19.0 Å².